The van der Waals surface area contributed by atoms with Gasteiger partial charge >= 0.3 is 6.18 Å². The molecule has 0 unspecified atom stereocenters. The monoisotopic (exact) mass is 497 g/mol. The van der Waals surface area contributed by atoms with E-state index < -0.39 is 11.9 Å². The molecule has 8 nitrogen and oxygen atoms in total. The second kappa shape index (κ2) is 8.88. The van der Waals surface area contributed by atoms with E-state index in [0.717, 1.165) is 44.6 Å². The summed E-state index contributed by atoms with van der Waals surface area (Å²) in [6.07, 6.45) is -0.845. The maximum Gasteiger partial charge on any atom is 0.435 e. The van der Waals surface area contributed by atoms with E-state index in [0.29, 0.717) is 35.8 Å². The Morgan fingerprint density at radius 1 is 0.972 bits per heavy atom. The van der Waals surface area contributed by atoms with Crippen LogP contribution < -0.4 is 10.2 Å². The van der Waals surface area contributed by atoms with Crippen LogP contribution in [0.1, 0.15) is 36.9 Å². The van der Waals surface area contributed by atoms with Crippen LogP contribution >= 0.6 is 0 Å². The van der Waals surface area contributed by atoms with Crippen LogP contribution in [-0.2, 0) is 10.9 Å². The topological polar surface area (TPSA) is 80.5 Å². The molecule has 5 heterocycles. The smallest absolute Gasteiger partial charge is 0.381 e. The molecule has 188 valence electrons. The number of ether oxygens (including phenoxy) is 1. The Hall–Kier alpha value is -3.47. The van der Waals surface area contributed by atoms with E-state index in [1.807, 2.05) is 6.07 Å². The number of halogens is 3. The molecule has 1 N–H and O–H groups in total. The van der Waals surface area contributed by atoms with Crippen molar-refractivity contribution in [2.75, 3.05) is 36.5 Å². The Kier molecular flexibility index (Phi) is 5.66. The SMILES string of the molecule is Cc1c(-c2nc3ccccc3nc2C(F)(F)F)nn2c(NC3CCOCC3)cc(N3CCCC3)nc12. The lowest BCUT2D eigenvalue weighted by molar-refractivity contribution is -0.140. The predicted molar refractivity (Wildman–Crippen MR) is 130 cm³/mol. The van der Waals surface area contributed by atoms with Crippen molar-refractivity contribution in [3.8, 4) is 11.4 Å². The molecule has 0 spiro atoms. The summed E-state index contributed by atoms with van der Waals surface area (Å²) in [4.78, 5) is 15.4. The van der Waals surface area contributed by atoms with Gasteiger partial charge in [0.05, 0.1) is 11.0 Å². The lowest BCUT2D eigenvalue weighted by atomic mass is 10.1. The molecule has 11 heteroatoms. The molecule has 2 aliphatic heterocycles. The average Bonchev–Trinajstić information content (AvgIpc) is 3.52. The van der Waals surface area contributed by atoms with Gasteiger partial charge in [-0.05, 0) is 44.7 Å². The molecule has 2 aliphatic rings. The predicted octanol–water partition coefficient (Wildman–Crippen LogP) is 4.86. The molecule has 0 aliphatic carbocycles. The molecular weight excluding hydrogens is 471 g/mol. The number of fused-ring (bicyclic) bond motifs is 2. The summed E-state index contributed by atoms with van der Waals surface area (Å²) in [7, 11) is 0. The molecule has 0 bridgehead atoms. The second-order valence-corrected chi connectivity index (χ2v) is 9.34. The van der Waals surface area contributed by atoms with Gasteiger partial charge in [-0.3, -0.25) is 0 Å². The third kappa shape index (κ3) is 4.11. The first-order chi connectivity index (χ1) is 17.4. The summed E-state index contributed by atoms with van der Waals surface area (Å²) in [6.45, 7) is 4.86. The number of aryl methyl sites for hydroxylation is 1. The Balaban J connectivity index is 1.55. The number of nitrogens with one attached hydrogen (secondary N) is 1. The highest BCUT2D eigenvalue weighted by atomic mass is 19.4. The van der Waals surface area contributed by atoms with Crippen molar-refractivity contribution in [1.82, 2.24) is 24.6 Å². The van der Waals surface area contributed by atoms with E-state index in [-0.39, 0.29) is 22.9 Å². The lowest BCUT2D eigenvalue weighted by Gasteiger charge is -2.25. The lowest BCUT2D eigenvalue weighted by Crippen LogP contribution is -2.29. The molecule has 6 rings (SSSR count). The van der Waals surface area contributed by atoms with Crippen LogP contribution in [0, 0.1) is 6.92 Å². The first-order valence-electron chi connectivity index (χ1n) is 12.2. The van der Waals surface area contributed by atoms with Crippen LogP contribution in [-0.4, -0.2) is 56.9 Å². The number of rotatable bonds is 4. The molecule has 3 aromatic heterocycles. The summed E-state index contributed by atoms with van der Waals surface area (Å²) in [6, 6.07) is 8.67. The molecular formula is C25H26F3N7O. The van der Waals surface area contributed by atoms with Crippen LogP contribution in [0.2, 0.25) is 0 Å². The molecule has 2 fully saturated rings. The van der Waals surface area contributed by atoms with Crippen LogP contribution in [0.25, 0.3) is 28.1 Å². The zero-order valence-corrected chi connectivity index (χ0v) is 19.8. The van der Waals surface area contributed by atoms with E-state index in [1.54, 1.807) is 29.6 Å². The van der Waals surface area contributed by atoms with Crippen molar-refractivity contribution in [2.45, 2.75) is 44.8 Å². The van der Waals surface area contributed by atoms with E-state index in [2.05, 4.69) is 25.3 Å². The Morgan fingerprint density at radius 3 is 2.36 bits per heavy atom. The summed E-state index contributed by atoms with van der Waals surface area (Å²) in [5, 5.41) is 8.19. The number of para-hydroxylation sites is 2. The minimum absolute atomic E-state index is 0.127. The number of alkyl halides is 3. The number of anilines is 2. The third-order valence-corrected chi connectivity index (χ3v) is 6.87. The molecule has 0 saturated carbocycles. The quantitative estimate of drug-likeness (QED) is 0.431. The van der Waals surface area contributed by atoms with E-state index >= 15 is 0 Å². The van der Waals surface area contributed by atoms with E-state index in [4.69, 9.17) is 9.72 Å². The van der Waals surface area contributed by atoms with Crippen molar-refractivity contribution in [1.29, 1.82) is 0 Å². The largest absolute Gasteiger partial charge is 0.435 e. The molecule has 36 heavy (non-hydrogen) atoms. The zero-order valence-electron chi connectivity index (χ0n) is 19.8. The number of hydrogen-bond acceptors (Lipinski definition) is 7. The Bertz CT molecular complexity index is 1420. The number of aromatic nitrogens is 5. The van der Waals surface area contributed by atoms with Crippen molar-refractivity contribution < 1.29 is 17.9 Å². The van der Waals surface area contributed by atoms with Gasteiger partial charge in [0, 0.05) is 44.0 Å². The van der Waals surface area contributed by atoms with Crippen molar-refractivity contribution >= 4 is 28.3 Å². The molecule has 0 radical (unpaired) electrons. The maximum absolute atomic E-state index is 14.1. The van der Waals surface area contributed by atoms with Crippen LogP contribution in [0.15, 0.2) is 30.3 Å². The Labute approximate surface area is 205 Å². The fourth-order valence-electron chi connectivity index (χ4n) is 4.96. The van der Waals surface area contributed by atoms with Gasteiger partial charge in [-0.25, -0.2) is 15.0 Å². The number of nitrogens with zero attached hydrogens (tertiary/aromatic N) is 6. The van der Waals surface area contributed by atoms with Crippen LogP contribution in [0.5, 0.6) is 0 Å². The van der Waals surface area contributed by atoms with Gasteiger partial charge in [-0.15, -0.1) is 0 Å². The molecule has 2 saturated heterocycles. The van der Waals surface area contributed by atoms with Gasteiger partial charge in [0.1, 0.15) is 23.0 Å². The molecule has 4 aromatic rings. The van der Waals surface area contributed by atoms with Gasteiger partial charge in [-0.2, -0.15) is 22.8 Å². The molecule has 1 aromatic carbocycles. The highest BCUT2D eigenvalue weighted by Crippen LogP contribution is 2.38. The fourth-order valence-corrected chi connectivity index (χ4v) is 4.96. The highest BCUT2D eigenvalue weighted by Gasteiger charge is 2.38. The van der Waals surface area contributed by atoms with E-state index in [9.17, 15) is 13.2 Å². The summed E-state index contributed by atoms with van der Waals surface area (Å²) in [5.74, 6) is 1.50. The fraction of sp³-hybridized carbons (Fsp3) is 0.440. The first kappa shape index (κ1) is 23.0. The number of hydrogen-bond donors (Lipinski definition) is 1. The maximum atomic E-state index is 14.1. The average molecular weight is 498 g/mol. The van der Waals surface area contributed by atoms with Crippen LogP contribution in [0.3, 0.4) is 0 Å². The highest BCUT2D eigenvalue weighted by molar-refractivity contribution is 5.80. The van der Waals surface area contributed by atoms with Crippen molar-refractivity contribution in [3.05, 3.63) is 41.6 Å². The van der Waals surface area contributed by atoms with Gasteiger partial charge in [0.2, 0.25) is 0 Å². The van der Waals surface area contributed by atoms with Crippen molar-refractivity contribution in [3.63, 3.8) is 0 Å². The normalized spacial score (nSPS) is 17.4. The molecule has 0 amide bonds. The molecule has 0 atom stereocenters. The van der Waals surface area contributed by atoms with E-state index in [1.165, 1.54) is 6.07 Å². The summed E-state index contributed by atoms with van der Waals surface area (Å²) >= 11 is 0. The third-order valence-electron chi connectivity index (χ3n) is 6.87. The van der Waals surface area contributed by atoms with Crippen LogP contribution in [0.4, 0.5) is 24.8 Å². The minimum atomic E-state index is -4.69. The Morgan fingerprint density at radius 2 is 1.67 bits per heavy atom. The first-order valence-corrected chi connectivity index (χ1v) is 12.2. The number of benzene rings is 1. The zero-order chi connectivity index (χ0) is 24.9. The van der Waals surface area contributed by atoms with Gasteiger partial charge in [0.25, 0.3) is 0 Å². The second-order valence-electron chi connectivity index (χ2n) is 9.34. The summed E-state index contributed by atoms with van der Waals surface area (Å²) in [5.41, 5.74) is 0.389. The minimum Gasteiger partial charge on any atom is -0.381 e. The van der Waals surface area contributed by atoms with Crippen molar-refractivity contribution in [2.24, 2.45) is 0 Å². The van der Waals surface area contributed by atoms with Gasteiger partial charge in [0.15, 0.2) is 11.3 Å². The van der Waals surface area contributed by atoms with Gasteiger partial charge < -0.3 is 15.0 Å². The standard InChI is InChI=1S/C25H26F3N7O/c1-15-21(22-23(25(26,27)28)31-18-7-3-2-6-17(18)30-22)33-35-20(29-16-8-12-36-13-9-16)14-19(32-24(15)35)34-10-4-5-11-34/h2-3,6-7,14,16,29H,4-5,8-13H2,1H3. The van der Waals surface area contributed by atoms with Gasteiger partial charge in [-0.1, -0.05) is 12.1 Å². The summed E-state index contributed by atoms with van der Waals surface area (Å²) < 4.78 is 49.5.